The fourth-order valence-corrected chi connectivity index (χ4v) is 1.38. The number of nitrogens with zero attached hydrogens (tertiary/aromatic N) is 1. The van der Waals surface area contributed by atoms with E-state index in [1.54, 1.807) is 0 Å². The third-order valence-corrected chi connectivity index (χ3v) is 2.12. The van der Waals surface area contributed by atoms with Crippen LogP contribution in [0, 0.1) is 0 Å². The molecule has 0 spiro atoms. The number of rotatable bonds is 2. The summed E-state index contributed by atoms with van der Waals surface area (Å²) >= 11 is 0. The molecule has 1 aliphatic heterocycles. The van der Waals surface area contributed by atoms with Crippen molar-refractivity contribution in [3.05, 3.63) is 29.8 Å². The number of aliphatic imine (C=N–C) groups is 1. The van der Waals surface area contributed by atoms with E-state index >= 15 is 0 Å². The quantitative estimate of drug-likeness (QED) is 0.745. The number of hydrogen-bond acceptors (Lipinski definition) is 3. The van der Waals surface area contributed by atoms with Gasteiger partial charge in [0.2, 0.25) is 0 Å². The van der Waals surface area contributed by atoms with E-state index in [-0.39, 0.29) is 6.10 Å². The Morgan fingerprint density at radius 2 is 2.46 bits per heavy atom. The van der Waals surface area contributed by atoms with Crippen LogP contribution in [0.2, 0.25) is 0 Å². The Bertz CT molecular complexity index is 314. The van der Waals surface area contributed by atoms with Crippen LogP contribution in [0.25, 0.3) is 0 Å². The average molecular weight is 176 g/mol. The van der Waals surface area contributed by atoms with Gasteiger partial charge >= 0.3 is 0 Å². The molecule has 68 valence electrons. The zero-order valence-electron chi connectivity index (χ0n) is 7.53. The third kappa shape index (κ3) is 1.64. The minimum atomic E-state index is 0.105. The van der Waals surface area contributed by atoms with Crippen LogP contribution in [-0.2, 0) is 4.74 Å². The summed E-state index contributed by atoms with van der Waals surface area (Å²) in [6.07, 6.45) is 1.63. The summed E-state index contributed by atoms with van der Waals surface area (Å²) in [5, 5.41) is 3.09. The smallest absolute Gasteiger partial charge is 0.170 e. The van der Waals surface area contributed by atoms with Gasteiger partial charge in [0.05, 0.1) is 6.54 Å². The van der Waals surface area contributed by atoms with Crippen molar-refractivity contribution in [3.63, 3.8) is 0 Å². The van der Waals surface area contributed by atoms with E-state index in [9.17, 15) is 0 Å². The highest BCUT2D eigenvalue weighted by Crippen LogP contribution is 2.22. The Morgan fingerprint density at radius 1 is 1.54 bits per heavy atom. The molecule has 1 heterocycles. The molecule has 0 saturated carbocycles. The van der Waals surface area contributed by atoms with Gasteiger partial charge in [0, 0.05) is 12.7 Å². The van der Waals surface area contributed by atoms with Gasteiger partial charge in [-0.1, -0.05) is 12.1 Å². The number of ether oxygens (including phenoxy) is 1. The van der Waals surface area contributed by atoms with Crippen LogP contribution in [0.5, 0.6) is 0 Å². The Balaban J connectivity index is 2.19. The van der Waals surface area contributed by atoms with E-state index < -0.39 is 0 Å². The van der Waals surface area contributed by atoms with Crippen molar-refractivity contribution in [3.8, 4) is 0 Å². The molecule has 0 saturated heterocycles. The van der Waals surface area contributed by atoms with E-state index in [0.29, 0.717) is 0 Å². The van der Waals surface area contributed by atoms with Crippen molar-refractivity contribution in [2.45, 2.75) is 6.10 Å². The molecule has 0 fully saturated rings. The fourth-order valence-electron chi connectivity index (χ4n) is 1.38. The van der Waals surface area contributed by atoms with Crippen molar-refractivity contribution < 1.29 is 4.74 Å². The molecule has 1 unspecified atom stereocenters. The largest absolute Gasteiger partial charge is 0.474 e. The maximum atomic E-state index is 5.32. The lowest BCUT2D eigenvalue weighted by atomic mass is 10.1. The van der Waals surface area contributed by atoms with Crippen molar-refractivity contribution in [2.75, 3.05) is 18.9 Å². The second kappa shape index (κ2) is 3.47. The molecule has 1 atom stereocenters. The van der Waals surface area contributed by atoms with Crippen LogP contribution in [0.1, 0.15) is 11.7 Å². The van der Waals surface area contributed by atoms with E-state index in [0.717, 1.165) is 12.2 Å². The molecule has 0 bridgehead atoms. The molecule has 3 nitrogen and oxygen atoms in total. The van der Waals surface area contributed by atoms with Gasteiger partial charge < -0.3 is 10.1 Å². The summed E-state index contributed by atoms with van der Waals surface area (Å²) in [5.41, 5.74) is 2.28. The minimum Gasteiger partial charge on any atom is -0.474 e. The molecule has 0 aromatic heterocycles. The zero-order valence-corrected chi connectivity index (χ0v) is 7.53. The van der Waals surface area contributed by atoms with Gasteiger partial charge in [0.25, 0.3) is 0 Å². The summed E-state index contributed by atoms with van der Waals surface area (Å²) in [4.78, 5) is 4.03. The minimum absolute atomic E-state index is 0.105. The molecule has 1 N–H and O–H groups in total. The number of anilines is 1. The second-order valence-electron chi connectivity index (χ2n) is 2.97. The Kier molecular flexibility index (Phi) is 2.17. The topological polar surface area (TPSA) is 33.6 Å². The lowest BCUT2D eigenvalue weighted by Gasteiger charge is -2.10. The number of benzene rings is 1. The van der Waals surface area contributed by atoms with Crippen molar-refractivity contribution >= 4 is 12.1 Å². The number of hydrogen-bond donors (Lipinski definition) is 1. The molecule has 1 aliphatic rings. The normalized spacial score (nSPS) is 19.9. The highest BCUT2D eigenvalue weighted by atomic mass is 16.5. The second-order valence-corrected chi connectivity index (χ2v) is 2.97. The lowest BCUT2D eigenvalue weighted by Crippen LogP contribution is -2.01. The average Bonchev–Trinajstić information content (AvgIpc) is 2.71. The third-order valence-electron chi connectivity index (χ3n) is 2.12. The molecule has 0 aliphatic carbocycles. The van der Waals surface area contributed by atoms with Crippen LogP contribution in [0.15, 0.2) is 29.3 Å². The first-order chi connectivity index (χ1) is 6.40. The molecule has 0 radical (unpaired) electrons. The van der Waals surface area contributed by atoms with E-state index in [4.69, 9.17) is 4.74 Å². The Hall–Kier alpha value is -1.51. The lowest BCUT2D eigenvalue weighted by molar-refractivity contribution is 0.240. The van der Waals surface area contributed by atoms with Crippen LogP contribution in [0.4, 0.5) is 5.69 Å². The molecule has 13 heavy (non-hydrogen) atoms. The molecular formula is C10H12N2O. The highest BCUT2D eigenvalue weighted by Gasteiger charge is 2.14. The summed E-state index contributed by atoms with van der Waals surface area (Å²) in [5.74, 6) is 0. The van der Waals surface area contributed by atoms with Gasteiger partial charge in [-0.15, -0.1) is 0 Å². The first-order valence-electron chi connectivity index (χ1n) is 4.31. The van der Waals surface area contributed by atoms with Gasteiger partial charge in [-0.2, -0.15) is 0 Å². The molecular weight excluding hydrogens is 164 g/mol. The molecule has 1 aromatic carbocycles. The monoisotopic (exact) mass is 176 g/mol. The summed E-state index contributed by atoms with van der Waals surface area (Å²) in [6.45, 7) is 0.729. The van der Waals surface area contributed by atoms with Crippen LogP contribution < -0.4 is 5.32 Å². The van der Waals surface area contributed by atoms with E-state index in [2.05, 4.69) is 22.4 Å². The Labute approximate surface area is 77.4 Å². The van der Waals surface area contributed by atoms with Gasteiger partial charge in [-0.3, -0.25) is 4.99 Å². The van der Waals surface area contributed by atoms with Crippen LogP contribution in [-0.4, -0.2) is 20.0 Å². The molecule has 3 heteroatoms. The van der Waals surface area contributed by atoms with Crippen LogP contribution >= 0.6 is 0 Å². The highest BCUT2D eigenvalue weighted by molar-refractivity contribution is 5.51. The predicted octanol–water partition coefficient (Wildman–Crippen LogP) is 1.83. The van der Waals surface area contributed by atoms with Gasteiger partial charge in [-0.05, 0) is 17.7 Å². The Morgan fingerprint density at radius 3 is 3.15 bits per heavy atom. The van der Waals surface area contributed by atoms with Crippen molar-refractivity contribution in [2.24, 2.45) is 4.99 Å². The van der Waals surface area contributed by atoms with E-state index in [1.807, 2.05) is 19.2 Å². The van der Waals surface area contributed by atoms with Crippen LogP contribution in [0.3, 0.4) is 0 Å². The fraction of sp³-hybridized carbons (Fsp3) is 0.300. The van der Waals surface area contributed by atoms with Gasteiger partial charge in [-0.25, -0.2) is 0 Å². The first-order valence-corrected chi connectivity index (χ1v) is 4.31. The molecule has 1 aromatic rings. The summed E-state index contributed by atoms with van der Waals surface area (Å²) in [6, 6.07) is 8.18. The van der Waals surface area contributed by atoms with E-state index in [1.165, 1.54) is 12.0 Å². The first kappa shape index (κ1) is 8.10. The molecule has 0 amide bonds. The zero-order chi connectivity index (χ0) is 9.10. The summed E-state index contributed by atoms with van der Waals surface area (Å²) in [7, 11) is 1.91. The van der Waals surface area contributed by atoms with Gasteiger partial charge in [0.1, 0.15) is 6.10 Å². The number of nitrogens with one attached hydrogen (secondary N) is 1. The maximum Gasteiger partial charge on any atom is 0.170 e. The van der Waals surface area contributed by atoms with Crippen molar-refractivity contribution in [1.82, 2.24) is 0 Å². The maximum absolute atomic E-state index is 5.32. The standard InChI is InChI=1S/C10H12N2O/c1-11-9-4-2-3-8(5-9)10-6-12-7-13-10/h2-5,7,10-11H,6H2,1H3. The SMILES string of the molecule is CNc1cccc(C2CN=CO2)c1. The van der Waals surface area contributed by atoms with Crippen molar-refractivity contribution in [1.29, 1.82) is 0 Å². The summed E-state index contributed by atoms with van der Waals surface area (Å²) < 4.78 is 5.32. The van der Waals surface area contributed by atoms with Gasteiger partial charge in [0.15, 0.2) is 6.40 Å². The predicted molar refractivity (Wildman–Crippen MR) is 53.2 cm³/mol. The molecule has 2 rings (SSSR count).